The number of hydrogen-bond acceptors (Lipinski definition) is 3. The van der Waals surface area contributed by atoms with Crippen LogP contribution in [0.2, 0.25) is 0 Å². The maximum Gasteiger partial charge on any atom is 0.331 e. The molecular formula is C16H16O2S. The predicted molar refractivity (Wildman–Crippen MR) is 79.2 cm³/mol. The Bertz CT molecular complexity index is 582. The van der Waals surface area contributed by atoms with Crippen molar-refractivity contribution >= 4 is 22.9 Å². The van der Waals surface area contributed by atoms with E-state index in [0.29, 0.717) is 6.61 Å². The molecule has 0 aliphatic carbocycles. The van der Waals surface area contributed by atoms with Crippen LogP contribution in [-0.2, 0) is 9.53 Å². The first kappa shape index (κ1) is 13.6. The number of benzene rings is 1. The van der Waals surface area contributed by atoms with Crippen molar-refractivity contribution in [2.24, 2.45) is 0 Å². The topological polar surface area (TPSA) is 26.3 Å². The van der Waals surface area contributed by atoms with Gasteiger partial charge in [0.25, 0.3) is 0 Å². The van der Waals surface area contributed by atoms with E-state index in [4.69, 9.17) is 4.74 Å². The van der Waals surface area contributed by atoms with Gasteiger partial charge in [0, 0.05) is 21.4 Å². The van der Waals surface area contributed by atoms with Crippen molar-refractivity contribution in [3.63, 3.8) is 0 Å². The smallest absolute Gasteiger partial charge is 0.331 e. The molecule has 0 unspecified atom stereocenters. The largest absolute Gasteiger partial charge is 0.463 e. The molecule has 0 fully saturated rings. The number of ether oxygens (including phenoxy) is 1. The average Bonchev–Trinajstić information content (AvgIpc) is 2.84. The molecule has 0 aliphatic rings. The van der Waals surface area contributed by atoms with E-state index in [2.05, 4.69) is 13.0 Å². The Morgan fingerprint density at radius 1 is 1.21 bits per heavy atom. The van der Waals surface area contributed by atoms with E-state index in [0.717, 1.165) is 16.0 Å². The minimum atomic E-state index is -0.299. The Balaban J connectivity index is 2.42. The van der Waals surface area contributed by atoms with Gasteiger partial charge in [0.15, 0.2) is 0 Å². The summed E-state index contributed by atoms with van der Waals surface area (Å²) in [6.07, 6.45) is 1.57. The van der Waals surface area contributed by atoms with E-state index in [1.54, 1.807) is 17.4 Å². The molecule has 2 rings (SSSR count). The van der Waals surface area contributed by atoms with Crippen LogP contribution in [0.3, 0.4) is 0 Å². The summed E-state index contributed by atoms with van der Waals surface area (Å²) in [7, 11) is 0. The molecule has 98 valence electrons. The highest BCUT2D eigenvalue weighted by molar-refractivity contribution is 7.13. The van der Waals surface area contributed by atoms with Crippen molar-refractivity contribution in [2.45, 2.75) is 13.8 Å². The third kappa shape index (κ3) is 3.55. The Morgan fingerprint density at radius 2 is 1.95 bits per heavy atom. The Hall–Kier alpha value is -1.87. The van der Waals surface area contributed by atoms with Crippen LogP contribution in [0.4, 0.5) is 0 Å². The third-order valence-electron chi connectivity index (χ3n) is 2.64. The number of rotatable bonds is 4. The highest BCUT2D eigenvalue weighted by Gasteiger charge is 2.10. The van der Waals surface area contributed by atoms with E-state index >= 15 is 0 Å². The number of hydrogen-bond donors (Lipinski definition) is 0. The number of carbonyl (C=O) groups is 1. The minimum Gasteiger partial charge on any atom is -0.463 e. The molecule has 0 saturated heterocycles. The lowest BCUT2D eigenvalue weighted by Gasteiger charge is -2.05. The highest BCUT2D eigenvalue weighted by Crippen LogP contribution is 2.29. The second-order valence-electron chi connectivity index (χ2n) is 4.09. The van der Waals surface area contributed by atoms with Crippen LogP contribution in [0.1, 0.15) is 22.2 Å². The third-order valence-corrected chi connectivity index (χ3v) is 3.67. The van der Waals surface area contributed by atoms with Gasteiger partial charge in [-0.3, -0.25) is 0 Å². The zero-order valence-electron chi connectivity index (χ0n) is 11.1. The number of thiophene rings is 1. The summed E-state index contributed by atoms with van der Waals surface area (Å²) in [6, 6.07) is 14.0. The second-order valence-corrected chi connectivity index (χ2v) is 5.37. The zero-order chi connectivity index (χ0) is 13.7. The molecule has 19 heavy (non-hydrogen) atoms. The van der Waals surface area contributed by atoms with Crippen LogP contribution in [0, 0.1) is 6.92 Å². The van der Waals surface area contributed by atoms with Gasteiger partial charge >= 0.3 is 5.97 Å². The first-order chi connectivity index (χ1) is 9.20. The fourth-order valence-corrected chi connectivity index (χ4v) is 2.70. The Labute approximate surface area is 117 Å². The Morgan fingerprint density at radius 3 is 2.53 bits per heavy atom. The average molecular weight is 272 g/mol. The number of carbonyl (C=O) groups excluding carboxylic acids is 1. The fourth-order valence-electron chi connectivity index (χ4n) is 1.80. The summed E-state index contributed by atoms with van der Waals surface area (Å²) in [5, 5.41) is 0. The molecule has 0 radical (unpaired) electrons. The van der Waals surface area contributed by atoms with Gasteiger partial charge < -0.3 is 4.74 Å². The fraction of sp³-hybridized carbons (Fsp3) is 0.188. The van der Waals surface area contributed by atoms with E-state index in [1.165, 1.54) is 4.88 Å². The van der Waals surface area contributed by atoms with E-state index in [1.807, 2.05) is 43.3 Å². The van der Waals surface area contributed by atoms with Crippen molar-refractivity contribution < 1.29 is 9.53 Å². The normalized spacial score (nSPS) is 11.4. The molecule has 0 aliphatic heterocycles. The molecule has 2 nitrogen and oxygen atoms in total. The molecule has 0 amide bonds. The molecule has 0 N–H and O–H groups in total. The van der Waals surface area contributed by atoms with Gasteiger partial charge in [-0.2, -0.15) is 0 Å². The Kier molecular flexibility index (Phi) is 4.53. The van der Waals surface area contributed by atoms with Crippen molar-refractivity contribution in [1.82, 2.24) is 0 Å². The van der Waals surface area contributed by atoms with Gasteiger partial charge in [-0.15, -0.1) is 11.3 Å². The van der Waals surface area contributed by atoms with E-state index in [-0.39, 0.29) is 5.97 Å². The van der Waals surface area contributed by atoms with Gasteiger partial charge in [-0.05, 0) is 31.5 Å². The van der Waals surface area contributed by atoms with Crippen molar-refractivity contribution in [3.8, 4) is 0 Å². The molecule has 0 bridgehead atoms. The summed E-state index contributed by atoms with van der Waals surface area (Å²) < 4.78 is 5.01. The molecule has 0 atom stereocenters. The monoisotopic (exact) mass is 272 g/mol. The molecular weight excluding hydrogens is 256 g/mol. The lowest BCUT2D eigenvalue weighted by atomic mass is 10.0. The second kappa shape index (κ2) is 6.34. The maximum atomic E-state index is 11.7. The maximum absolute atomic E-state index is 11.7. The number of aryl methyl sites for hydroxylation is 1. The SMILES string of the molecule is CCOC(=O)/C=C(\c1ccccc1)c1ccc(C)s1. The van der Waals surface area contributed by atoms with Crippen molar-refractivity contribution in [2.75, 3.05) is 6.61 Å². The van der Waals surface area contributed by atoms with Crippen LogP contribution in [0.15, 0.2) is 48.5 Å². The van der Waals surface area contributed by atoms with Crippen LogP contribution >= 0.6 is 11.3 Å². The summed E-state index contributed by atoms with van der Waals surface area (Å²) in [6.45, 7) is 4.26. The first-order valence-corrected chi connectivity index (χ1v) is 7.03. The van der Waals surface area contributed by atoms with Gasteiger partial charge in [-0.1, -0.05) is 30.3 Å². The van der Waals surface area contributed by atoms with Gasteiger partial charge in [0.2, 0.25) is 0 Å². The molecule has 3 heteroatoms. The summed E-state index contributed by atoms with van der Waals surface area (Å²) >= 11 is 1.67. The van der Waals surface area contributed by atoms with Crippen LogP contribution in [0.5, 0.6) is 0 Å². The van der Waals surface area contributed by atoms with Crippen LogP contribution < -0.4 is 0 Å². The van der Waals surface area contributed by atoms with Crippen molar-refractivity contribution in [1.29, 1.82) is 0 Å². The highest BCUT2D eigenvalue weighted by atomic mass is 32.1. The lowest BCUT2D eigenvalue weighted by Crippen LogP contribution is -2.01. The molecule has 2 aromatic rings. The predicted octanol–water partition coefficient (Wildman–Crippen LogP) is 4.05. The molecule has 1 heterocycles. The van der Waals surface area contributed by atoms with E-state index in [9.17, 15) is 4.79 Å². The molecule has 0 saturated carbocycles. The molecule has 1 aromatic carbocycles. The quantitative estimate of drug-likeness (QED) is 0.620. The first-order valence-electron chi connectivity index (χ1n) is 6.21. The van der Waals surface area contributed by atoms with Crippen molar-refractivity contribution in [3.05, 3.63) is 63.9 Å². The molecule has 1 aromatic heterocycles. The van der Waals surface area contributed by atoms with Gasteiger partial charge in [0.1, 0.15) is 0 Å². The van der Waals surface area contributed by atoms with Gasteiger partial charge in [-0.25, -0.2) is 4.79 Å². The zero-order valence-corrected chi connectivity index (χ0v) is 11.9. The lowest BCUT2D eigenvalue weighted by molar-refractivity contribution is -0.137. The number of esters is 1. The van der Waals surface area contributed by atoms with Crippen LogP contribution in [-0.4, -0.2) is 12.6 Å². The van der Waals surface area contributed by atoms with E-state index < -0.39 is 0 Å². The summed E-state index contributed by atoms with van der Waals surface area (Å²) in [5.41, 5.74) is 1.94. The summed E-state index contributed by atoms with van der Waals surface area (Å²) in [4.78, 5) is 14.0. The minimum absolute atomic E-state index is 0.299. The molecule has 0 spiro atoms. The standard InChI is InChI=1S/C16H16O2S/c1-3-18-16(17)11-14(13-7-5-4-6-8-13)15-10-9-12(2)19-15/h4-11H,3H2,1-2H3/b14-11+. The van der Waals surface area contributed by atoms with Crippen LogP contribution in [0.25, 0.3) is 5.57 Å². The van der Waals surface area contributed by atoms with Gasteiger partial charge in [0.05, 0.1) is 6.61 Å². The summed E-state index contributed by atoms with van der Waals surface area (Å²) in [5.74, 6) is -0.299.